The van der Waals surface area contributed by atoms with Crippen LogP contribution in [0.5, 0.6) is 0 Å². The molecule has 1 aromatic carbocycles. The Kier molecular flexibility index (Phi) is 2.57. The van der Waals surface area contributed by atoms with Crippen molar-refractivity contribution in [1.82, 2.24) is 0 Å². The van der Waals surface area contributed by atoms with Gasteiger partial charge in [-0.1, -0.05) is 0 Å². The molecule has 0 spiro atoms. The van der Waals surface area contributed by atoms with Crippen LogP contribution in [-0.4, -0.2) is 0 Å². The number of benzene rings is 1. The fraction of sp³-hybridized carbons (Fsp3) is 0. The zero-order valence-electron chi connectivity index (χ0n) is 7.90. The molecule has 0 aliphatic heterocycles. The van der Waals surface area contributed by atoms with Crippen LogP contribution in [0.2, 0.25) is 0 Å². The van der Waals surface area contributed by atoms with Crippen LogP contribution in [0.3, 0.4) is 0 Å². The fourth-order valence-electron chi connectivity index (χ4n) is 1.23. The maximum atomic E-state index is 8.76. The van der Waals surface area contributed by atoms with Gasteiger partial charge in [0.25, 0.3) is 0 Å². The maximum Gasteiger partial charge on any atom is 0.0992 e. The summed E-state index contributed by atoms with van der Waals surface area (Å²) in [4.78, 5) is 0. The molecular weight excluding hydrogens is 206 g/mol. The van der Waals surface area contributed by atoms with E-state index < -0.39 is 0 Å². The molecule has 15 heavy (non-hydrogen) atoms. The number of nitrogens with one attached hydrogen (secondary N) is 1. The van der Waals surface area contributed by atoms with Crippen molar-refractivity contribution in [1.29, 1.82) is 5.26 Å². The van der Waals surface area contributed by atoms with Crippen molar-refractivity contribution < 1.29 is 0 Å². The third kappa shape index (κ3) is 2.09. The average molecular weight is 215 g/mol. The van der Waals surface area contributed by atoms with E-state index >= 15 is 0 Å². The second kappa shape index (κ2) is 4.03. The van der Waals surface area contributed by atoms with Gasteiger partial charge in [0.15, 0.2) is 0 Å². The van der Waals surface area contributed by atoms with E-state index in [1.54, 1.807) is 29.5 Å². The molecular formula is C11H9N3S. The monoisotopic (exact) mass is 215 g/mol. The van der Waals surface area contributed by atoms with E-state index in [0.717, 1.165) is 11.4 Å². The Hall–Kier alpha value is -1.99. The summed E-state index contributed by atoms with van der Waals surface area (Å²) in [6.07, 6.45) is 0. The Balaban J connectivity index is 2.32. The third-order valence-corrected chi connectivity index (χ3v) is 2.67. The van der Waals surface area contributed by atoms with Gasteiger partial charge in [0.2, 0.25) is 0 Å². The summed E-state index contributed by atoms with van der Waals surface area (Å²) >= 11 is 1.61. The van der Waals surface area contributed by atoms with Gasteiger partial charge in [-0.2, -0.15) is 16.6 Å². The molecule has 0 atom stereocenters. The van der Waals surface area contributed by atoms with Crippen LogP contribution in [-0.2, 0) is 0 Å². The molecule has 0 saturated carbocycles. The highest BCUT2D eigenvalue weighted by molar-refractivity contribution is 7.08. The highest BCUT2D eigenvalue weighted by atomic mass is 32.1. The molecule has 0 amide bonds. The Morgan fingerprint density at radius 3 is 2.87 bits per heavy atom. The molecule has 0 aliphatic carbocycles. The highest BCUT2D eigenvalue weighted by Gasteiger charge is 2.01. The number of rotatable bonds is 2. The normalized spacial score (nSPS) is 9.53. The lowest BCUT2D eigenvalue weighted by Gasteiger charge is -2.07. The minimum absolute atomic E-state index is 0.599. The number of hydrogen-bond acceptors (Lipinski definition) is 4. The zero-order chi connectivity index (χ0) is 10.7. The van der Waals surface area contributed by atoms with Crippen LogP contribution in [0.25, 0.3) is 0 Å². The molecule has 2 rings (SSSR count). The van der Waals surface area contributed by atoms with E-state index in [2.05, 4.69) is 11.4 Å². The van der Waals surface area contributed by atoms with E-state index in [1.807, 2.05) is 16.8 Å². The predicted molar refractivity (Wildman–Crippen MR) is 63.2 cm³/mol. The van der Waals surface area contributed by atoms with Crippen LogP contribution >= 0.6 is 11.3 Å². The van der Waals surface area contributed by atoms with E-state index in [0.29, 0.717) is 11.3 Å². The number of thiophene rings is 1. The van der Waals surface area contributed by atoms with E-state index in [4.69, 9.17) is 11.0 Å². The second-order valence-corrected chi connectivity index (χ2v) is 3.83. The van der Waals surface area contributed by atoms with Gasteiger partial charge >= 0.3 is 0 Å². The first-order valence-electron chi connectivity index (χ1n) is 4.38. The molecule has 0 unspecified atom stereocenters. The molecule has 0 fully saturated rings. The van der Waals surface area contributed by atoms with Gasteiger partial charge in [-0.3, -0.25) is 0 Å². The fourth-order valence-corrected chi connectivity index (χ4v) is 1.81. The lowest BCUT2D eigenvalue weighted by atomic mass is 10.2. The zero-order valence-corrected chi connectivity index (χ0v) is 8.71. The Bertz CT molecular complexity index is 497. The van der Waals surface area contributed by atoms with Crippen molar-refractivity contribution in [2.45, 2.75) is 0 Å². The van der Waals surface area contributed by atoms with Crippen LogP contribution in [0.1, 0.15) is 5.56 Å². The van der Waals surface area contributed by atoms with Gasteiger partial charge in [0.1, 0.15) is 0 Å². The van der Waals surface area contributed by atoms with Gasteiger partial charge in [-0.05, 0) is 29.6 Å². The predicted octanol–water partition coefficient (Wildman–Crippen LogP) is 2.95. The van der Waals surface area contributed by atoms with Gasteiger partial charge in [-0.15, -0.1) is 0 Å². The Morgan fingerprint density at radius 2 is 2.20 bits per heavy atom. The lowest BCUT2D eigenvalue weighted by molar-refractivity contribution is 1.47. The second-order valence-electron chi connectivity index (χ2n) is 3.05. The van der Waals surface area contributed by atoms with Crippen molar-refractivity contribution in [3.8, 4) is 6.07 Å². The summed E-state index contributed by atoms with van der Waals surface area (Å²) in [5.41, 5.74) is 8.79. The van der Waals surface area contributed by atoms with Crippen LogP contribution < -0.4 is 11.1 Å². The standard InChI is InChI=1S/C11H9N3S/c12-6-8-1-2-10(13)11(5-8)14-9-3-4-15-7-9/h1-5,7,14H,13H2. The van der Waals surface area contributed by atoms with Crippen LogP contribution in [0.4, 0.5) is 17.1 Å². The third-order valence-electron chi connectivity index (χ3n) is 1.98. The number of nitrogen functional groups attached to an aromatic ring is 1. The molecule has 0 radical (unpaired) electrons. The van der Waals surface area contributed by atoms with Gasteiger partial charge < -0.3 is 11.1 Å². The summed E-state index contributed by atoms with van der Waals surface area (Å²) in [5, 5.41) is 15.9. The topological polar surface area (TPSA) is 61.8 Å². The smallest absolute Gasteiger partial charge is 0.0992 e. The first-order valence-corrected chi connectivity index (χ1v) is 5.33. The summed E-state index contributed by atoms with van der Waals surface area (Å²) in [7, 11) is 0. The number of nitrogens with zero attached hydrogens (tertiary/aromatic N) is 1. The highest BCUT2D eigenvalue weighted by Crippen LogP contribution is 2.25. The molecule has 4 heteroatoms. The van der Waals surface area contributed by atoms with E-state index in [9.17, 15) is 0 Å². The van der Waals surface area contributed by atoms with Gasteiger partial charge in [-0.25, -0.2) is 0 Å². The van der Waals surface area contributed by atoms with Crippen LogP contribution in [0, 0.1) is 11.3 Å². The molecule has 2 aromatic rings. The molecule has 3 N–H and O–H groups in total. The largest absolute Gasteiger partial charge is 0.397 e. The quantitative estimate of drug-likeness (QED) is 0.757. The SMILES string of the molecule is N#Cc1ccc(N)c(Nc2ccsc2)c1. The minimum Gasteiger partial charge on any atom is -0.397 e. The maximum absolute atomic E-state index is 8.76. The average Bonchev–Trinajstić information content (AvgIpc) is 2.74. The Labute approximate surface area is 91.8 Å². The lowest BCUT2D eigenvalue weighted by Crippen LogP contribution is -1.95. The number of anilines is 3. The number of hydrogen-bond donors (Lipinski definition) is 2. The van der Waals surface area contributed by atoms with Crippen molar-refractivity contribution in [3.63, 3.8) is 0 Å². The van der Waals surface area contributed by atoms with Gasteiger partial charge in [0.05, 0.1) is 23.0 Å². The molecule has 1 heterocycles. The summed E-state index contributed by atoms with van der Waals surface area (Å²) in [5.74, 6) is 0. The van der Waals surface area contributed by atoms with Crippen LogP contribution in [0.15, 0.2) is 35.0 Å². The molecule has 3 nitrogen and oxygen atoms in total. The molecule has 74 valence electrons. The van der Waals surface area contributed by atoms with Gasteiger partial charge in [0, 0.05) is 11.1 Å². The minimum atomic E-state index is 0.599. The van der Waals surface area contributed by atoms with Crippen molar-refractivity contribution in [2.24, 2.45) is 0 Å². The van der Waals surface area contributed by atoms with Crippen molar-refractivity contribution in [2.75, 3.05) is 11.1 Å². The van der Waals surface area contributed by atoms with Crippen molar-refractivity contribution in [3.05, 3.63) is 40.6 Å². The Morgan fingerprint density at radius 1 is 1.33 bits per heavy atom. The first kappa shape index (κ1) is 9.56. The van der Waals surface area contributed by atoms with E-state index in [1.165, 1.54) is 0 Å². The molecule has 1 aromatic heterocycles. The number of nitrogens with two attached hydrogens (primary N) is 1. The molecule has 0 saturated heterocycles. The summed E-state index contributed by atoms with van der Waals surface area (Å²) in [6, 6.07) is 9.22. The van der Waals surface area contributed by atoms with E-state index in [-0.39, 0.29) is 0 Å². The van der Waals surface area contributed by atoms with Crippen molar-refractivity contribution >= 4 is 28.4 Å². The molecule has 0 aliphatic rings. The first-order chi connectivity index (χ1) is 7.29. The summed E-state index contributed by atoms with van der Waals surface area (Å²) in [6.45, 7) is 0. The molecule has 0 bridgehead atoms. The number of nitriles is 1. The summed E-state index contributed by atoms with van der Waals surface area (Å²) < 4.78 is 0.